The molecule has 3 aromatic rings. The molecule has 0 amide bonds. The largest absolute Gasteiger partial charge is 0.288 e. The lowest BCUT2D eigenvalue weighted by atomic mass is 9.92. The van der Waals surface area contributed by atoms with Crippen LogP contribution in [0.5, 0.6) is 0 Å². The van der Waals surface area contributed by atoms with E-state index in [0.717, 1.165) is 17.2 Å². The maximum Gasteiger partial charge on any atom is 0.128 e. The number of hydrogen-bond acceptors (Lipinski definition) is 2. The second-order valence-electron chi connectivity index (χ2n) is 7.85. The summed E-state index contributed by atoms with van der Waals surface area (Å²) >= 11 is 6.09. The highest BCUT2D eigenvalue weighted by Crippen LogP contribution is 2.36. The number of nitrogens with zero attached hydrogens (tertiary/aromatic N) is 2. The Morgan fingerprint density at radius 3 is 2.00 bits per heavy atom. The lowest BCUT2D eigenvalue weighted by Crippen LogP contribution is -2.60. The van der Waals surface area contributed by atoms with E-state index in [0.29, 0.717) is 23.8 Å². The number of benzene rings is 3. The van der Waals surface area contributed by atoms with Gasteiger partial charge in [-0.15, -0.1) is 0 Å². The Hall–Kier alpha value is -2.28. The van der Waals surface area contributed by atoms with Crippen molar-refractivity contribution in [2.24, 2.45) is 0 Å². The predicted octanol–water partition coefficient (Wildman–Crippen LogP) is 5.50. The lowest BCUT2D eigenvalue weighted by molar-refractivity contribution is 0.116. The molecule has 3 nitrogen and oxygen atoms in total. The third-order valence-corrected chi connectivity index (χ3v) is 6.86. The zero-order valence-corrected chi connectivity index (χ0v) is 18.8. The van der Waals surface area contributed by atoms with Gasteiger partial charge in [0.1, 0.15) is 22.6 Å². The summed E-state index contributed by atoms with van der Waals surface area (Å²) in [5, 5.41) is 0.675. The third-order valence-electron chi connectivity index (χ3n) is 5.54. The van der Waals surface area contributed by atoms with Crippen molar-refractivity contribution in [1.82, 2.24) is 4.90 Å². The van der Waals surface area contributed by atoms with Crippen LogP contribution in [-0.4, -0.2) is 34.5 Å². The molecule has 0 N–H and O–H groups in total. The molecule has 162 valence electrons. The highest BCUT2D eigenvalue weighted by Gasteiger charge is 2.39. The van der Waals surface area contributed by atoms with Gasteiger partial charge in [0.15, 0.2) is 0 Å². The van der Waals surface area contributed by atoms with Crippen molar-refractivity contribution in [1.29, 1.82) is 0 Å². The number of halogens is 3. The van der Waals surface area contributed by atoms with Crippen molar-refractivity contribution in [2.45, 2.75) is 19.0 Å². The molecule has 1 aliphatic rings. The fourth-order valence-corrected chi connectivity index (χ4v) is 5.17. The van der Waals surface area contributed by atoms with Crippen LogP contribution in [-0.2, 0) is 11.0 Å². The first-order valence-electron chi connectivity index (χ1n) is 9.97. The summed E-state index contributed by atoms with van der Waals surface area (Å²) in [6.07, 6.45) is 1.53. The van der Waals surface area contributed by atoms with E-state index in [-0.39, 0.29) is 12.1 Å². The first kappa shape index (κ1) is 21.9. The Kier molecular flexibility index (Phi) is 6.42. The van der Waals surface area contributed by atoms with Gasteiger partial charge in [-0.25, -0.2) is 13.0 Å². The van der Waals surface area contributed by atoms with Crippen LogP contribution in [0.1, 0.15) is 22.7 Å². The Labute approximate surface area is 188 Å². The summed E-state index contributed by atoms with van der Waals surface area (Å²) in [5.41, 5.74) is 3.72. The molecule has 1 saturated heterocycles. The number of likely N-dealkylation sites (tertiary alicyclic amines) is 1. The molecule has 0 radical (unpaired) electrons. The van der Waals surface area contributed by atoms with E-state index in [1.165, 1.54) is 24.0 Å². The lowest BCUT2D eigenvalue weighted by Gasteiger charge is -2.48. The summed E-state index contributed by atoms with van der Waals surface area (Å²) in [7, 11) is -1.42. The van der Waals surface area contributed by atoms with E-state index in [4.69, 9.17) is 11.6 Å². The van der Waals surface area contributed by atoms with Gasteiger partial charge in [-0.05, 0) is 42.3 Å². The van der Waals surface area contributed by atoms with Gasteiger partial charge in [-0.3, -0.25) is 9.21 Å². The molecule has 7 heteroatoms. The minimum absolute atomic E-state index is 0.00510. The van der Waals surface area contributed by atoms with Crippen molar-refractivity contribution in [3.05, 3.63) is 100 Å². The van der Waals surface area contributed by atoms with Crippen LogP contribution in [0.15, 0.2) is 66.7 Å². The van der Waals surface area contributed by atoms with E-state index in [2.05, 4.69) is 29.2 Å². The molecule has 0 aromatic heterocycles. The highest BCUT2D eigenvalue weighted by atomic mass is 35.5. The molecule has 3 aromatic carbocycles. The van der Waals surface area contributed by atoms with E-state index < -0.39 is 22.6 Å². The number of rotatable bonds is 6. The zero-order chi connectivity index (χ0) is 22.1. The Bertz CT molecular complexity index is 1020. The van der Waals surface area contributed by atoms with Crippen molar-refractivity contribution in [3.8, 4) is 0 Å². The molecule has 4 rings (SSSR count). The van der Waals surface area contributed by atoms with Gasteiger partial charge in [-0.2, -0.15) is 0 Å². The van der Waals surface area contributed by atoms with Crippen LogP contribution in [0.2, 0.25) is 5.02 Å². The van der Waals surface area contributed by atoms with Crippen molar-refractivity contribution in [2.75, 3.05) is 23.7 Å². The maximum absolute atomic E-state index is 13.8. The molecular formula is C24H23ClF2N2OS. The average molecular weight is 461 g/mol. The van der Waals surface area contributed by atoms with Gasteiger partial charge in [0, 0.05) is 30.4 Å². The molecule has 0 bridgehead atoms. The van der Waals surface area contributed by atoms with E-state index in [1.54, 1.807) is 4.31 Å². The zero-order valence-electron chi connectivity index (χ0n) is 17.3. The molecule has 31 heavy (non-hydrogen) atoms. The van der Waals surface area contributed by atoms with Crippen LogP contribution in [0.4, 0.5) is 14.5 Å². The average Bonchev–Trinajstić information content (AvgIpc) is 2.67. The van der Waals surface area contributed by atoms with Gasteiger partial charge in [-0.1, -0.05) is 53.6 Å². The Balaban J connectivity index is 1.61. The molecular weight excluding hydrogens is 438 g/mol. The minimum atomic E-state index is -1.42. The molecule has 0 aliphatic carbocycles. The second-order valence-corrected chi connectivity index (χ2v) is 9.53. The highest BCUT2D eigenvalue weighted by molar-refractivity contribution is 7.85. The Morgan fingerprint density at radius 2 is 1.48 bits per heavy atom. The van der Waals surface area contributed by atoms with E-state index >= 15 is 0 Å². The molecule has 2 atom stereocenters. The van der Waals surface area contributed by atoms with Crippen molar-refractivity contribution in [3.63, 3.8) is 0 Å². The standard InChI is InChI=1S/C24H23ClF2N2OS/c1-16-3-5-17(6-4-16)24(18-7-9-19(25)10-8-18)28-14-23(15-28)29(31(2)30)22-12-20(26)11-21(27)13-22/h3-13,23-24H,14-15H2,1-2H3. The predicted molar refractivity (Wildman–Crippen MR) is 123 cm³/mol. The molecule has 0 saturated carbocycles. The van der Waals surface area contributed by atoms with Crippen LogP contribution in [0, 0.1) is 18.6 Å². The molecule has 1 heterocycles. The summed E-state index contributed by atoms with van der Waals surface area (Å²) in [5.74, 6) is -1.36. The van der Waals surface area contributed by atoms with Gasteiger partial charge in [0.05, 0.1) is 17.8 Å². The summed E-state index contributed by atoms with van der Waals surface area (Å²) in [6.45, 7) is 3.27. The topological polar surface area (TPSA) is 23.6 Å². The number of hydrogen-bond donors (Lipinski definition) is 0. The van der Waals surface area contributed by atoms with Crippen LogP contribution < -0.4 is 4.31 Å². The van der Waals surface area contributed by atoms with Crippen LogP contribution >= 0.6 is 11.6 Å². The monoisotopic (exact) mass is 460 g/mol. The maximum atomic E-state index is 13.8. The van der Waals surface area contributed by atoms with E-state index in [9.17, 15) is 13.0 Å². The SMILES string of the molecule is Cc1ccc(C(c2ccc(Cl)cc2)N2CC(N(c3cc(F)cc(F)c3)S(C)=O)C2)cc1. The minimum Gasteiger partial charge on any atom is -0.288 e. The van der Waals surface area contributed by atoms with Crippen LogP contribution in [0.3, 0.4) is 0 Å². The normalized spacial score (nSPS) is 16.5. The van der Waals surface area contributed by atoms with Gasteiger partial charge >= 0.3 is 0 Å². The van der Waals surface area contributed by atoms with E-state index in [1.807, 2.05) is 31.2 Å². The third kappa shape index (κ3) is 4.81. The quantitative estimate of drug-likeness (QED) is 0.485. The molecule has 2 unspecified atom stereocenters. The summed E-state index contributed by atoms with van der Waals surface area (Å²) in [6, 6.07) is 19.3. The summed E-state index contributed by atoms with van der Waals surface area (Å²) in [4.78, 5) is 2.27. The first-order chi connectivity index (χ1) is 14.8. The second kappa shape index (κ2) is 9.07. The first-order valence-corrected chi connectivity index (χ1v) is 11.9. The smallest absolute Gasteiger partial charge is 0.128 e. The fraction of sp³-hybridized carbons (Fsp3) is 0.250. The Morgan fingerprint density at radius 1 is 0.968 bits per heavy atom. The molecule has 1 aliphatic heterocycles. The molecule has 0 spiro atoms. The van der Waals surface area contributed by atoms with Crippen molar-refractivity contribution < 1.29 is 13.0 Å². The fourth-order valence-electron chi connectivity index (χ4n) is 4.09. The van der Waals surface area contributed by atoms with Gasteiger partial charge in [0.25, 0.3) is 0 Å². The number of aryl methyl sites for hydroxylation is 1. The van der Waals surface area contributed by atoms with Crippen LogP contribution in [0.25, 0.3) is 0 Å². The molecule has 1 fully saturated rings. The number of anilines is 1. The van der Waals surface area contributed by atoms with Gasteiger partial charge < -0.3 is 0 Å². The summed E-state index contributed by atoms with van der Waals surface area (Å²) < 4.78 is 41.6. The van der Waals surface area contributed by atoms with Gasteiger partial charge in [0.2, 0.25) is 0 Å². The van der Waals surface area contributed by atoms with Crippen molar-refractivity contribution >= 4 is 28.3 Å².